The van der Waals surface area contributed by atoms with Crippen LogP contribution < -0.4 is 10.1 Å². The SMILES string of the molecule is COC(=O)c1ccc(CN2C(=O)NC(=Cc3cc(Cl)c(OC(C)C)c(Cl)c3)C2=O)o1. The number of hydrogen-bond acceptors (Lipinski definition) is 6. The van der Waals surface area contributed by atoms with E-state index in [0.29, 0.717) is 11.3 Å². The maximum atomic E-state index is 12.7. The van der Waals surface area contributed by atoms with Crippen molar-refractivity contribution in [2.24, 2.45) is 0 Å². The van der Waals surface area contributed by atoms with E-state index in [-0.39, 0.29) is 39.9 Å². The number of carbonyl (C=O) groups is 3. The summed E-state index contributed by atoms with van der Waals surface area (Å²) in [6.45, 7) is 3.54. The van der Waals surface area contributed by atoms with Gasteiger partial charge >= 0.3 is 12.0 Å². The van der Waals surface area contributed by atoms with Crippen LogP contribution in [-0.4, -0.2) is 36.0 Å². The van der Waals surface area contributed by atoms with Gasteiger partial charge in [-0.3, -0.25) is 9.69 Å². The summed E-state index contributed by atoms with van der Waals surface area (Å²) in [6, 6.07) is 5.42. The number of furan rings is 1. The fourth-order valence-electron chi connectivity index (χ4n) is 2.72. The Balaban J connectivity index is 1.79. The molecule has 0 spiro atoms. The lowest BCUT2D eigenvalue weighted by Crippen LogP contribution is -2.30. The van der Waals surface area contributed by atoms with Crippen molar-refractivity contribution in [1.29, 1.82) is 0 Å². The summed E-state index contributed by atoms with van der Waals surface area (Å²) in [5.41, 5.74) is 0.557. The standard InChI is InChI=1S/C20H18Cl2N2O6/c1-10(2)29-17-13(21)6-11(7-14(17)22)8-15-18(25)24(20(27)23-15)9-12-4-5-16(30-12)19(26)28-3/h4-8,10H,9H2,1-3H3,(H,23,27). The lowest BCUT2D eigenvalue weighted by atomic mass is 10.1. The van der Waals surface area contributed by atoms with E-state index in [4.69, 9.17) is 32.4 Å². The maximum Gasteiger partial charge on any atom is 0.373 e. The highest BCUT2D eigenvalue weighted by atomic mass is 35.5. The van der Waals surface area contributed by atoms with Gasteiger partial charge in [0.1, 0.15) is 11.5 Å². The third-order valence-corrected chi connectivity index (χ3v) is 4.57. The molecule has 1 aromatic carbocycles. The minimum Gasteiger partial charge on any atom is -0.488 e. The third kappa shape index (κ3) is 4.60. The van der Waals surface area contributed by atoms with Crippen molar-refractivity contribution in [2.45, 2.75) is 26.5 Å². The monoisotopic (exact) mass is 452 g/mol. The number of rotatable bonds is 6. The Bertz CT molecular complexity index is 1020. The molecule has 2 aromatic rings. The first-order valence-electron chi connectivity index (χ1n) is 8.87. The molecular weight excluding hydrogens is 435 g/mol. The number of urea groups is 1. The van der Waals surface area contributed by atoms with Crippen LogP contribution in [0.4, 0.5) is 4.79 Å². The van der Waals surface area contributed by atoms with Crippen molar-refractivity contribution in [2.75, 3.05) is 7.11 Å². The predicted octanol–water partition coefficient (Wildman–Crippen LogP) is 4.25. The van der Waals surface area contributed by atoms with Gasteiger partial charge in [-0.2, -0.15) is 0 Å². The number of esters is 1. The number of carbonyl (C=O) groups excluding carboxylic acids is 3. The Kier molecular flexibility index (Phi) is 6.38. The van der Waals surface area contributed by atoms with Gasteiger partial charge < -0.3 is 19.2 Å². The van der Waals surface area contributed by atoms with Gasteiger partial charge in [0.15, 0.2) is 5.75 Å². The molecule has 1 N–H and O–H groups in total. The normalized spacial score (nSPS) is 15.1. The first kappa shape index (κ1) is 21.7. The first-order valence-corrected chi connectivity index (χ1v) is 9.62. The predicted molar refractivity (Wildman–Crippen MR) is 109 cm³/mol. The maximum absolute atomic E-state index is 12.7. The fourth-order valence-corrected chi connectivity index (χ4v) is 3.32. The van der Waals surface area contributed by atoms with Crippen LogP contribution in [0.3, 0.4) is 0 Å². The van der Waals surface area contributed by atoms with Gasteiger partial charge in [0.25, 0.3) is 5.91 Å². The number of nitrogens with one attached hydrogen (secondary N) is 1. The molecule has 0 bridgehead atoms. The number of amides is 3. The highest BCUT2D eigenvalue weighted by Gasteiger charge is 2.34. The van der Waals surface area contributed by atoms with Crippen LogP contribution in [0, 0.1) is 0 Å². The van der Waals surface area contributed by atoms with Crippen LogP contribution in [0.2, 0.25) is 10.0 Å². The molecule has 0 radical (unpaired) electrons. The number of hydrogen-bond donors (Lipinski definition) is 1. The summed E-state index contributed by atoms with van der Waals surface area (Å²) in [5, 5.41) is 3.06. The van der Waals surface area contributed by atoms with Crippen molar-refractivity contribution in [3.05, 3.63) is 57.1 Å². The minimum atomic E-state index is -0.655. The summed E-state index contributed by atoms with van der Waals surface area (Å²) >= 11 is 12.5. The van der Waals surface area contributed by atoms with Gasteiger partial charge in [-0.05, 0) is 49.8 Å². The molecule has 2 heterocycles. The van der Waals surface area contributed by atoms with E-state index in [9.17, 15) is 14.4 Å². The van der Waals surface area contributed by atoms with Crippen molar-refractivity contribution >= 4 is 47.2 Å². The van der Waals surface area contributed by atoms with Gasteiger partial charge in [0.2, 0.25) is 5.76 Å². The highest BCUT2D eigenvalue weighted by molar-refractivity contribution is 6.37. The Morgan fingerprint density at radius 1 is 1.23 bits per heavy atom. The smallest absolute Gasteiger partial charge is 0.373 e. The molecule has 1 aromatic heterocycles. The molecule has 0 unspecified atom stereocenters. The lowest BCUT2D eigenvalue weighted by molar-refractivity contribution is -0.123. The number of ether oxygens (including phenoxy) is 2. The Morgan fingerprint density at radius 2 is 1.90 bits per heavy atom. The minimum absolute atomic E-state index is 0.0247. The van der Waals surface area contributed by atoms with E-state index in [1.807, 2.05) is 13.8 Å². The zero-order chi connectivity index (χ0) is 22.0. The largest absolute Gasteiger partial charge is 0.488 e. The van der Waals surface area contributed by atoms with E-state index in [0.717, 1.165) is 4.90 Å². The van der Waals surface area contributed by atoms with Gasteiger partial charge in [0, 0.05) is 0 Å². The van der Waals surface area contributed by atoms with Crippen LogP contribution in [0.25, 0.3) is 6.08 Å². The molecule has 1 fully saturated rings. The van der Waals surface area contributed by atoms with Gasteiger partial charge in [-0.25, -0.2) is 9.59 Å². The van der Waals surface area contributed by atoms with E-state index in [1.54, 1.807) is 12.1 Å². The Hall–Kier alpha value is -2.97. The molecule has 8 nitrogen and oxygen atoms in total. The first-order chi connectivity index (χ1) is 14.2. The summed E-state index contributed by atoms with van der Waals surface area (Å²) < 4.78 is 15.4. The summed E-state index contributed by atoms with van der Waals surface area (Å²) in [7, 11) is 1.22. The van der Waals surface area contributed by atoms with Crippen molar-refractivity contribution in [1.82, 2.24) is 10.2 Å². The number of benzene rings is 1. The van der Waals surface area contributed by atoms with E-state index < -0.39 is 17.9 Å². The molecule has 0 saturated carbocycles. The molecule has 158 valence electrons. The fraction of sp³-hybridized carbons (Fsp3) is 0.250. The van der Waals surface area contributed by atoms with Crippen molar-refractivity contribution in [3.63, 3.8) is 0 Å². The van der Waals surface area contributed by atoms with Gasteiger partial charge in [0.05, 0.1) is 29.8 Å². The average molecular weight is 453 g/mol. The van der Waals surface area contributed by atoms with Crippen molar-refractivity contribution < 1.29 is 28.3 Å². The van der Waals surface area contributed by atoms with Crippen LogP contribution in [0.1, 0.15) is 35.7 Å². The molecule has 1 aliphatic rings. The van der Waals surface area contributed by atoms with E-state index >= 15 is 0 Å². The molecule has 3 rings (SSSR count). The van der Waals surface area contributed by atoms with Crippen LogP contribution in [-0.2, 0) is 16.1 Å². The molecule has 1 aliphatic heterocycles. The zero-order valence-electron chi connectivity index (χ0n) is 16.3. The summed E-state index contributed by atoms with van der Waals surface area (Å²) in [4.78, 5) is 37.3. The second-order valence-corrected chi connectivity index (χ2v) is 7.43. The topological polar surface area (TPSA) is 98.1 Å². The van der Waals surface area contributed by atoms with Gasteiger partial charge in [-0.15, -0.1) is 0 Å². The second kappa shape index (κ2) is 8.81. The third-order valence-electron chi connectivity index (χ3n) is 4.01. The second-order valence-electron chi connectivity index (χ2n) is 6.62. The Labute approximate surface area is 182 Å². The number of imide groups is 1. The average Bonchev–Trinajstić information content (AvgIpc) is 3.25. The van der Waals surface area contributed by atoms with E-state index in [2.05, 4.69) is 10.1 Å². The molecule has 1 saturated heterocycles. The zero-order valence-corrected chi connectivity index (χ0v) is 17.8. The summed E-state index contributed by atoms with van der Waals surface area (Å²) in [5.74, 6) is -0.647. The number of halogens is 2. The quantitative estimate of drug-likeness (QED) is 0.399. The molecular formula is C20H18Cl2N2O6. The summed E-state index contributed by atoms with van der Waals surface area (Å²) in [6.07, 6.45) is 1.34. The molecule has 0 atom stereocenters. The van der Waals surface area contributed by atoms with Crippen LogP contribution in [0.15, 0.2) is 34.4 Å². The molecule has 30 heavy (non-hydrogen) atoms. The molecule has 3 amide bonds. The Morgan fingerprint density at radius 3 is 2.50 bits per heavy atom. The van der Waals surface area contributed by atoms with Crippen molar-refractivity contribution in [3.8, 4) is 5.75 Å². The highest BCUT2D eigenvalue weighted by Crippen LogP contribution is 2.35. The van der Waals surface area contributed by atoms with Crippen LogP contribution >= 0.6 is 23.2 Å². The molecule has 0 aliphatic carbocycles. The number of methoxy groups -OCH3 is 1. The number of nitrogens with zero attached hydrogens (tertiary/aromatic N) is 1. The van der Waals surface area contributed by atoms with Gasteiger partial charge in [-0.1, -0.05) is 23.2 Å². The lowest BCUT2D eigenvalue weighted by Gasteiger charge is -2.13. The van der Waals surface area contributed by atoms with E-state index in [1.165, 1.54) is 25.3 Å². The van der Waals surface area contributed by atoms with Crippen LogP contribution in [0.5, 0.6) is 5.75 Å². The molecule has 10 heteroatoms.